The van der Waals surface area contributed by atoms with Crippen LogP contribution in [0.25, 0.3) is 22.2 Å². The van der Waals surface area contributed by atoms with Gasteiger partial charge in [0.2, 0.25) is 0 Å². The lowest BCUT2D eigenvalue weighted by Gasteiger charge is -2.17. The molecule has 1 fully saturated rings. The maximum atomic E-state index is 13.1. The molecular formula is C27H34N3O2+. The molecule has 0 radical (unpaired) electrons. The smallest absolute Gasteiger partial charge is 0.252 e. The van der Waals surface area contributed by atoms with Gasteiger partial charge in [-0.3, -0.25) is 4.79 Å². The number of rotatable bonds is 8. The van der Waals surface area contributed by atoms with Crippen LogP contribution in [0.4, 0.5) is 0 Å². The van der Waals surface area contributed by atoms with Crippen molar-refractivity contribution in [1.82, 2.24) is 10.3 Å². The average Bonchev–Trinajstić information content (AvgIpc) is 3.10. The van der Waals surface area contributed by atoms with E-state index in [4.69, 9.17) is 9.72 Å². The molecule has 2 N–H and O–H groups in total. The number of pyridine rings is 1. The van der Waals surface area contributed by atoms with Gasteiger partial charge in [0, 0.05) is 23.9 Å². The lowest BCUT2D eigenvalue weighted by Crippen LogP contribution is -3.11. The highest BCUT2D eigenvalue weighted by Gasteiger charge is 2.15. The largest absolute Gasteiger partial charge is 0.494 e. The molecule has 1 aromatic heterocycles. The molecule has 3 aromatic rings. The van der Waals surface area contributed by atoms with E-state index in [9.17, 15) is 4.79 Å². The van der Waals surface area contributed by atoms with Gasteiger partial charge in [0.25, 0.3) is 5.91 Å². The third-order valence-corrected chi connectivity index (χ3v) is 6.23. The Morgan fingerprint density at radius 2 is 1.78 bits per heavy atom. The molecule has 0 aliphatic carbocycles. The SMILES string of the molecule is CCOc1ccc(-c2cc(C(=O)NCCC[NH+]3CCCCCC3)c3ccccc3n2)cc1. The molecule has 1 saturated heterocycles. The number of hydrogen-bond donors (Lipinski definition) is 2. The fourth-order valence-corrected chi connectivity index (χ4v) is 4.51. The van der Waals surface area contributed by atoms with Crippen molar-refractivity contribution in [1.29, 1.82) is 0 Å². The van der Waals surface area contributed by atoms with Crippen molar-refractivity contribution in [3.8, 4) is 17.0 Å². The molecular weight excluding hydrogens is 398 g/mol. The van der Waals surface area contributed by atoms with E-state index in [-0.39, 0.29) is 5.91 Å². The van der Waals surface area contributed by atoms with Gasteiger partial charge in [0.05, 0.1) is 43.0 Å². The van der Waals surface area contributed by atoms with E-state index >= 15 is 0 Å². The summed E-state index contributed by atoms with van der Waals surface area (Å²) in [6.07, 6.45) is 6.41. The summed E-state index contributed by atoms with van der Waals surface area (Å²) < 4.78 is 5.55. The first-order valence-electron chi connectivity index (χ1n) is 12.0. The summed E-state index contributed by atoms with van der Waals surface area (Å²) in [4.78, 5) is 19.6. The lowest BCUT2D eigenvalue weighted by atomic mass is 10.0. The van der Waals surface area contributed by atoms with E-state index in [1.54, 1.807) is 4.90 Å². The summed E-state index contributed by atoms with van der Waals surface area (Å²) in [5.41, 5.74) is 3.28. The first kappa shape index (κ1) is 22.3. The average molecular weight is 433 g/mol. The van der Waals surface area contributed by atoms with Crippen molar-refractivity contribution >= 4 is 16.8 Å². The summed E-state index contributed by atoms with van der Waals surface area (Å²) in [5.74, 6) is 0.809. The maximum absolute atomic E-state index is 13.1. The highest BCUT2D eigenvalue weighted by Crippen LogP contribution is 2.26. The van der Waals surface area contributed by atoms with Gasteiger partial charge < -0.3 is 15.0 Å². The number of benzene rings is 2. The van der Waals surface area contributed by atoms with Gasteiger partial charge in [-0.1, -0.05) is 18.2 Å². The third kappa shape index (κ3) is 5.65. The predicted octanol–water partition coefficient (Wildman–Crippen LogP) is 3.88. The monoisotopic (exact) mass is 432 g/mol. The summed E-state index contributed by atoms with van der Waals surface area (Å²) in [6, 6.07) is 17.6. The van der Waals surface area contributed by atoms with Gasteiger partial charge in [0.1, 0.15) is 5.75 Å². The second-order valence-electron chi connectivity index (χ2n) is 8.55. The first-order chi connectivity index (χ1) is 15.7. The van der Waals surface area contributed by atoms with Crippen LogP contribution in [-0.4, -0.2) is 43.7 Å². The standard InChI is InChI=1S/C27H33N3O2/c1-2-32-22-14-12-21(13-15-22)26-20-24(23-10-5-6-11-25(23)29-26)27(31)28-16-9-19-30-17-7-3-4-8-18-30/h5-6,10-15,20H,2-4,7-9,16-19H2,1H3,(H,28,31)/p+1. The number of nitrogens with one attached hydrogen (secondary N) is 2. The van der Waals surface area contributed by atoms with Crippen LogP contribution in [0.2, 0.25) is 0 Å². The van der Waals surface area contributed by atoms with Crippen LogP contribution >= 0.6 is 0 Å². The van der Waals surface area contributed by atoms with Crippen molar-refractivity contribution in [2.45, 2.75) is 39.0 Å². The third-order valence-electron chi connectivity index (χ3n) is 6.23. The number of amides is 1. The summed E-state index contributed by atoms with van der Waals surface area (Å²) in [5, 5.41) is 4.04. The number of quaternary nitrogens is 1. The number of carbonyl (C=O) groups is 1. The number of hydrogen-bond acceptors (Lipinski definition) is 3. The highest BCUT2D eigenvalue weighted by atomic mass is 16.5. The van der Waals surface area contributed by atoms with Gasteiger partial charge >= 0.3 is 0 Å². The van der Waals surface area contributed by atoms with E-state index in [1.807, 2.05) is 61.5 Å². The highest BCUT2D eigenvalue weighted by molar-refractivity contribution is 6.07. The molecule has 0 spiro atoms. The van der Waals surface area contributed by atoms with Gasteiger partial charge in [-0.05, 0) is 69.0 Å². The molecule has 0 atom stereocenters. The Balaban J connectivity index is 1.47. The quantitative estimate of drug-likeness (QED) is 0.531. The summed E-state index contributed by atoms with van der Waals surface area (Å²) in [6.45, 7) is 6.99. The van der Waals surface area contributed by atoms with E-state index in [2.05, 4.69) is 5.32 Å². The number of carbonyl (C=O) groups excluding carboxylic acids is 1. The van der Waals surface area contributed by atoms with Crippen molar-refractivity contribution in [3.05, 3.63) is 60.2 Å². The molecule has 2 heterocycles. The fraction of sp³-hybridized carbons (Fsp3) is 0.407. The summed E-state index contributed by atoms with van der Waals surface area (Å²) >= 11 is 0. The van der Waals surface area contributed by atoms with Gasteiger partial charge in [-0.2, -0.15) is 0 Å². The Kier molecular flexibility index (Phi) is 7.73. The number of ether oxygens (including phenoxy) is 1. The molecule has 2 aromatic carbocycles. The number of likely N-dealkylation sites (tertiary alicyclic amines) is 1. The zero-order valence-corrected chi connectivity index (χ0v) is 19.0. The molecule has 1 aliphatic rings. The van der Waals surface area contributed by atoms with Crippen LogP contribution in [0.5, 0.6) is 5.75 Å². The topological polar surface area (TPSA) is 55.7 Å². The van der Waals surface area contributed by atoms with E-state index in [1.165, 1.54) is 38.8 Å². The molecule has 1 aliphatic heterocycles. The van der Waals surface area contributed by atoms with Crippen LogP contribution in [0.15, 0.2) is 54.6 Å². The second kappa shape index (κ2) is 11.1. The molecule has 0 unspecified atom stereocenters. The van der Waals surface area contributed by atoms with Crippen LogP contribution in [0.1, 0.15) is 49.4 Å². The minimum atomic E-state index is -0.0262. The van der Waals surface area contributed by atoms with Gasteiger partial charge in [0.15, 0.2) is 0 Å². The van der Waals surface area contributed by atoms with Crippen molar-refractivity contribution in [2.24, 2.45) is 0 Å². The number of aromatic nitrogens is 1. The van der Waals surface area contributed by atoms with Gasteiger partial charge in [-0.15, -0.1) is 0 Å². The minimum Gasteiger partial charge on any atom is -0.494 e. The Bertz CT molecular complexity index is 1020. The normalized spacial score (nSPS) is 14.8. The number of nitrogens with zero attached hydrogens (tertiary/aromatic N) is 1. The first-order valence-corrected chi connectivity index (χ1v) is 12.0. The number of fused-ring (bicyclic) bond motifs is 1. The van der Waals surface area contributed by atoms with E-state index in [0.717, 1.165) is 40.9 Å². The number of para-hydroxylation sites is 1. The Hall–Kier alpha value is -2.92. The molecule has 5 nitrogen and oxygen atoms in total. The van der Waals surface area contributed by atoms with E-state index in [0.29, 0.717) is 18.7 Å². The molecule has 1 amide bonds. The minimum absolute atomic E-state index is 0.0262. The Morgan fingerprint density at radius 3 is 2.53 bits per heavy atom. The molecule has 0 bridgehead atoms. The Morgan fingerprint density at radius 1 is 1.03 bits per heavy atom. The van der Waals surface area contributed by atoms with Crippen molar-refractivity contribution < 1.29 is 14.4 Å². The second-order valence-corrected chi connectivity index (χ2v) is 8.55. The maximum Gasteiger partial charge on any atom is 0.252 e. The predicted molar refractivity (Wildman–Crippen MR) is 129 cm³/mol. The molecule has 4 rings (SSSR count). The molecule has 0 saturated carbocycles. The zero-order chi connectivity index (χ0) is 22.2. The lowest BCUT2D eigenvalue weighted by molar-refractivity contribution is -0.899. The molecule has 168 valence electrons. The van der Waals surface area contributed by atoms with Gasteiger partial charge in [-0.25, -0.2) is 4.98 Å². The Labute approximate surface area is 190 Å². The van der Waals surface area contributed by atoms with Crippen molar-refractivity contribution in [2.75, 3.05) is 32.8 Å². The van der Waals surface area contributed by atoms with Crippen LogP contribution in [0.3, 0.4) is 0 Å². The molecule has 32 heavy (non-hydrogen) atoms. The van der Waals surface area contributed by atoms with Crippen LogP contribution in [0, 0.1) is 0 Å². The summed E-state index contributed by atoms with van der Waals surface area (Å²) in [7, 11) is 0. The van der Waals surface area contributed by atoms with Crippen LogP contribution in [-0.2, 0) is 0 Å². The zero-order valence-electron chi connectivity index (χ0n) is 19.0. The molecule has 5 heteroatoms. The van der Waals surface area contributed by atoms with Crippen molar-refractivity contribution in [3.63, 3.8) is 0 Å². The van der Waals surface area contributed by atoms with Crippen LogP contribution < -0.4 is 15.0 Å². The van der Waals surface area contributed by atoms with E-state index < -0.39 is 0 Å². The fourth-order valence-electron chi connectivity index (χ4n) is 4.51.